The third kappa shape index (κ3) is 4.67. The molecule has 1 heterocycles. The number of carbonyl (C=O) groups excluding carboxylic acids is 1. The van der Waals surface area contributed by atoms with Gasteiger partial charge in [0.1, 0.15) is 5.75 Å². The van der Waals surface area contributed by atoms with Crippen molar-refractivity contribution in [3.05, 3.63) is 54.1 Å². The lowest BCUT2D eigenvalue weighted by atomic mass is 10.2. The maximum Gasteiger partial charge on any atom is 0.322 e. The van der Waals surface area contributed by atoms with E-state index in [1.165, 1.54) is 6.07 Å². The summed E-state index contributed by atoms with van der Waals surface area (Å²) < 4.78 is 32.2. The van der Waals surface area contributed by atoms with Crippen molar-refractivity contribution >= 4 is 17.4 Å². The minimum atomic E-state index is -0.866. The van der Waals surface area contributed by atoms with E-state index in [0.717, 1.165) is 6.07 Å². The minimum absolute atomic E-state index is 0.00250. The van der Waals surface area contributed by atoms with Crippen LogP contribution in [0.5, 0.6) is 5.75 Å². The van der Waals surface area contributed by atoms with Crippen LogP contribution >= 0.6 is 0 Å². The standard InChI is InChI=1S/C20H23F2N3O2/c1-14(2)27-19-6-4-3-5-18(19)23-20(26)25-11-9-24(10-12-25)15-7-8-16(21)17(22)13-15/h3-8,13-14H,9-12H2,1-2H3,(H,23,26). The van der Waals surface area contributed by atoms with Crippen molar-refractivity contribution in [2.24, 2.45) is 0 Å². The maximum atomic E-state index is 13.4. The number of para-hydroxylation sites is 2. The monoisotopic (exact) mass is 375 g/mol. The third-order valence-corrected chi connectivity index (χ3v) is 4.33. The molecule has 0 aromatic heterocycles. The number of halogens is 2. The molecule has 1 aliphatic rings. The second-order valence-corrected chi connectivity index (χ2v) is 6.67. The van der Waals surface area contributed by atoms with Gasteiger partial charge in [-0.05, 0) is 38.1 Å². The van der Waals surface area contributed by atoms with Gasteiger partial charge in [-0.15, -0.1) is 0 Å². The number of benzene rings is 2. The molecule has 0 bridgehead atoms. The first-order chi connectivity index (χ1) is 12.9. The zero-order valence-electron chi connectivity index (χ0n) is 15.4. The summed E-state index contributed by atoms with van der Waals surface area (Å²) in [4.78, 5) is 16.2. The number of piperazine rings is 1. The van der Waals surface area contributed by atoms with E-state index in [0.29, 0.717) is 43.3 Å². The Morgan fingerprint density at radius 3 is 2.41 bits per heavy atom. The highest BCUT2D eigenvalue weighted by atomic mass is 19.2. The topological polar surface area (TPSA) is 44.8 Å². The van der Waals surface area contributed by atoms with E-state index >= 15 is 0 Å². The van der Waals surface area contributed by atoms with Gasteiger partial charge in [-0.25, -0.2) is 13.6 Å². The summed E-state index contributed by atoms with van der Waals surface area (Å²) in [5.74, 6) is -1.10. The van der Waals surface area contributed by atoms with Crippen molar-refractivity contribution < 1.29 is 18.3 Å². The molecule has 0 radical (unpaired) electrons. The highest BCUT2D eigenvalue weighted by Crippen LogP contribution is 2.25. The normalized spacial score (nSPS) is 14.4. The SMILES string of the molecule is CC(C)Oc1ccccc1NC(=O)N1CCN(c2ccc(F)c(F)c2)CC1. The Morgan fingerprint density at radius 2 is 1.74 bits per heavy atom. The largest absolute Gasteiger partial charge is 0.489 e. The van der Waals surface area contributed by atoms with E-state index in [1.807, 2.05) is 36.9 Å². The van der Waals surface area contributed by atoms with Gasteiger partial charge in [-0.2, -0.15) is 0 Å². The van der Waals surface area contributed by atoms with E-state index < -0.39 is 11.6 Å². The molecule has 144 valence electrons. The summed E-state index contributed by atoms with van der Waals surface area (Å²) in [6, 6.07) is 11.0. The number of carbonyl (C=O) groups is 1. The van der Waals surface area contributed by atoms with E-state index in [9.17, 15) is 13.6 Å². The van der Waals surface area contributed by atoms with Crippen LogP contribution in [0.1, 0.15) is 13.8 Å². The van der Waals surface area contributed by atoms with Gasteiger partial charge in [0.05, 0.1) is 11.8 Å². The Morgan fingerprint density at radius 1 is 1.04 bits per heavy atom. The summed E-state index contributed by atoms with van der Waals surface area (Å²) >= 11 is 0. The average molecular weight is 375 g/mol. The first-order valence-electron chi connectivity index (χ1n) is 8.95. The molecule has 1 aliphatic heterocycles. The van der Waals surface area contributed by atoms with Crippen LogP contribution in [0.2, 0.25) is 0 Å². The molecule has 0 unspecified atom stereocenters. The Hall–Kier alpha value is -2.83. The van der Waals surface area contributed by atoms with Crippen LogP contribution in [0, 0.1) is 11.6 Å². The van der Waals surface area contributed by atoms with Crippen LogP contribution in [0.15, 0.2) is 42.5 Å². The molecule has 7 heteroatoms. The van der Waals surface area contributed by atoms with E-state index in [-0.39, 0.29) is 12.1 Å². The number of nitrogens with one attached hydrogen (secondary N) is 1. The van der Waals surface area contributed by atoms with Crippen molar-refractivity contribution in [2.75, 3.05) is 36.4 Å². The molecule has 2 amide bonds. The molecule has 2 aromatic rings. The minimum Gasteiger partial charge on any atom is -0.489 e. The quantitative estimate of drug-likeness (QED) is 0.875. The molecule has 1 N–H and O–H groups in total. The lowest BCUT2D eigenvalue weighted by Crippen LogP contribution is -2.50. The lowest BCUT2D eigenvalue weighted by molar-refractivity contribution is 0.207. The molecule has 1 fully saturated rings. The van der Waals surface area contributed by atoms with Crippen LogP contribution in [0.4, 0.5) is 25.0 Å². The number of nitrogens with zero attached hydrogens (tertiary/aromatic N) is 2. The number of urea groups is 1. The van der Waals surface area contributed by atoms with E-state index in [2.05, 4.69) is 5.32 Å². The summed E-state index contributed by atoms with van der Waals surface area (Å²) in [6.07, 6.45) is 0.00250. The van der Waals surface area contributed by atoms with E-state index in [4.69, 9.17) is 4.74 Å². The Bertz CT molecular complexity index is 806. The van der Waals surface area contributed by atoms with Gasteiger partial charge in [-0.3, -0.25) is 0 Å². The van der Waals surface area contributed by atoms with Crippen molar-refractivity contribution in [1.29, 1.82) is 0 Å². The second kappa shape index (κ2) is 8.24. The highest BCUT2D eigenvalue weighted by molar-refractivity contribution is 5.91. The van der Waals surface area contributed by atoms with Crippen LogP contribution in [0.25, 0.3) is 0 Å². The number of hydrogen-bond donors (Lipinski definition) is 1. The van der Waals surface area contributed by atoms with Gasteiger partial charge in [0.25, 0.3) is 0 Å². The Kier molecular flexibility index (Phi) is 5.78. The van der Waals surface area contributed by atoms with Gasteiger partial charge in [0.15, 0.2) is 11.6 Å². The number of anilines is 2. The number of rotatable bonds is 4. The van der Waals surface area contributed by atoms with Crippen LogP contribution in [-0.4, -0.2) is 43.2 Å². The zero-order valence-corrected chi connectivity index (χ0v) is 15.4. The first kappa shape index (κ1) is 18.9. The fourth-order valence-corrected chi connectivity index (χ4v) is 2.97. The summed E-state index contributed by atoms with van der Waals surface area (Å²) in [5, 5.41) is 2.89. The molecule has 0 spiro atoms. The molecule has 27 heavy (non-hydrogen) atoms. The second-order valence-electron chi connectivity index (χ2n) is 6.67. The van der Waals surface area contributed by atoms with E-state index in [1.54, 1.807) is 17.0 Å². The molecule has 5 nitrogen and oxygen atoms in total. The lowest BCUT2D eigenvalue weighted by Gasteiger charge is -2.36. The predicted molar refractivity (Wildman–Crippen MR) is 101 cm³/mol. The maximum absolute atomic E-state index is 13.4. The Labute approximate surface area is 157 Å². The van der Waals surface area contributed by atoms with Crippen molar-refractivity contribution in [3.63, 3.8) is 0 Å². The molecule has 3 rings (SSSR count). The summed E-state index contributed by atoms with van der Waals surface area (Å²) in [5.41, 5.74) is 1.24. The van der Waals surface area contributed by atoms with Gasteiger partial charge in [0, 0.05) is 37.9 Å². The predicted octanol–water partition coefficient (Wildman–Crippen LogP) is 4.11. The number of amides is 2. The fourth-order valence-electron chi connectivity index (χ4n) is 2.97. The van der Waals surface area contributed by atoms with Crippen LogP contribution < -0.4 is 15.0 Å². The van der Waals surface area contributed by atoms with Gasteiger partial charge < -0.3 is 19.9 Å². The molecular formula is C20H23F2N3O2. The van der Waals surface area contributed by atoms with Crippen LogP contribution in [0.3, 0.4) is 0 Å². The van der Waals surface area contributed by atoms with Gasteiger partial charge in [0.2, 0.25) is 0 Å². The molecule has 0 aliphatic carbocycles. The van der Waals surface area contributed by atoms with Crippen molar-refractivity contribution in [1.82, 2.24) is 4.90 Å². The molecule has 0 atom stereocenters. The summed E-state index contributed by atoms with van der Waals surface area (Å²) in [6.45, 7) is 5.91. The highest BCUT2D eigenvalue weighted by Gasteiger charge is 2.22. The fraction of sp³-hybridized carbons (Fsp3) is 0.350. The van der Waals surface area contributed by atoms with Crippen molar-refractivity contribution in [2.45, 2.75) is 20.0 Å². The average Bonchev–Trinajstić information content (AvgIpc) is 2.65. The number of hydrogen-bond acceptors (Lipinski definition) is 3. The van der Waals surface area contributed by atoms with Crippen molar-refractivity contribution in [3.8, 4) is 5.75 Å². The first-order valence-corrected chi connectivity index (χ1v) is 8.95. The molecular weight excluding hydrogens is 352 g/mol. The van der Waals surface area contributed by atoms with Gasteiger partial charge >= 0.3 is 6.03 Å². The van der Waals surface area contributed by atoms with Crippen LogP contribution in [-0.2, 0) is 0 Å². The smallest absolute Gasteiger partial charge is 0.322 e. The number of ether oxygens (including phenoxy) is 1. The van der Waals surface area contributed by atoms with Gasteiger partial charge in [-0.1, -0.05) is 12.1 Å². The molecule has 1 saturated heterocycles. The molecule has 2 aromatic carbocycles. The third-order valence-electron chi connectivity index (χ3n) is 4.33. The zero-order chi connectivity index (χ0) is 19.4. The Balaban J connectivity index is 1.60. The molecule has 0 saturated carbocycles. The summed E-state index contributed by atoms with van der Waals surface area (Å²) in [7, 11) is 0.